The Bertz CT molecular complexity index is 1270. The van der Waals surface area contributed by atoms with Crippen molar-refractivity contribution in [3.63, 3.8) is 0 Å². The molecule has 0 saturated carbocycles. The van der Waals surface area contributed by atoms with Gasteiger partial charge in [-0.3, -0.25) is 9.59 Å². The Kier molecular flexibility index (Phi) is 9.49. The van der Waals surface area contributed by atoms with E-state index in [1.807, 2.05) is 0 Å². The smallest absolute Gasteiger partial charge is 0.338 e. The third kappa shape index (κ3) is 7.59. The number of hydrogen-bond donors (Lipinski definition) is 2. The minimum Gasteiger partial charge on any atom is -0.479 e. The summed E-state index contributed by atoms with van der Waals surface area (Å²) in [7, 11) is 0. The Morgan fingerprint density at radius 2 is 1.92 bits per heavy atom. The predicted molar refractivity (Wildman–Crippen MR) is 135 cm³/mol. The summed E-state index contributed by atoms with van der Waals surface area (Å²) < 4.78 is 16.2. The van der Waals surface area contributed by atoms with Gasteiger partial charge in [0.25, 0.3) is 11.8 Å². The Balaban J connectivity index is 1.47. The van der Waals surface area contributed by atoms with Gasteiger partial charge in [-0.05, 0) is 56.3 Å². The van der Waals surface area contributed by atoms with Crippen LogP contribution in [-0.4, -0.2) is 43.3 Å². The van der Waals surface area contributed by atoms with Gasteiger partial charge in [-0.2, -0.15) is 5.10 Å². The monoisotopic (exact) mass is 531 g/mol. The molecule has 0 bridgehead atoms. The molecule has 0 aliphatic carbocycles. The lowest BCUT2D eigenvalue weighted by atomic mass is 10.1. The van der Waals surface area contributed by atoms with Crippen LogP contribution >= 0.6 is 23.2 Å². The Morgan fingerprint density at radius 1 is 1.11 bits per heavy atom. The minimum atomic E-state index is -0.899. The average Bonchev–Trinajstić information content (AvgIpc) is 3.33. The quantitative estimate of drug-likeness (QED) is 0.226. The van der Waals surface area contributed by atoms with Crippen LogP contribution in [0.5, 0.6) is 5.75 Å². The average molecular weight is 532 g/mol. The molecule has 1 aromatic heterocycles. The van der Waals surface area contributed by atoms with Crippen LogP contribution in [-0.2, 0) is 14.3 Å². The Labute approximate surface area is 217 Å². The number of rotatable bonds is 10. The van der Waals surface area contributed by atoms with Crippen LogP contribution in [0.3, 0.4) is 0 Å². The number of hydrazone groups is 1. The number of hydrogen-bond acceptors (Lipinski definition) is 7. The van der Waals surface area contributed by atoms with Gasteiger partial charge in [0.1, 0.15) is 17.3 Å². The molecular weight excluding hydrogens is 509 g/mol. The minimum absolute atomic E-state index is 0.266. The van der Waals surface area contributed by atoms with Crippen molar-refractivity contribution in [2.24, 2.45) is 5.10 Å². The topological polar surface area (TPSA) is 119 Å². The lowest BCUT2D eigenvalue weighted by Gasteiger charge is -2.15. The molecule has 36 heavy (non-hydrogen) atoms. The summed E-state index contributed by atoms with van der Waals surface area (Å²) in [5.74, 6) is -0.305. The number of esters is 1. The molecule has 0 unspecified atom stereocenters. The maximum Gasteiger partial charge on any atom is 0.338 e. The fourth-order valence-electron chi connectivity index (χ4n) is 2.92. The molecule has 0 fully saturated rings. The first kappa shape index (κ1) is 26.8. The first-order chi connectivity index (χ1) is 17.3. The normalized spacial score (nSPS) is 11.7. The first-order valence-corrected chi connectivity index (χ1v) is 11.6. The number of carbonyl (C=O) groups is 3. The summed E-state index contributed by atoms with van der Waals surface area (Å²) in [6.07, 6.45) is 0.413. The second-order valence-electron chi connectivity index (χ2n) is 7.35. The number of halogens is 2. The van der Waals surface area contributed by atoms with Crippen molar-refractivity contribution in [3.8, 4) is 17.1 Å². The maximum absolute atomic E-state index is 12.2. The van der Waals surface area contributed by atoms with E-state index in [2.05, 4.69) is 15.8 Å². The summed E-state index contributed by atoms with van der Waals surface area (Å²) in [5.41, 5.74) is 3.39. The molecule has 2 aromatic carbocycles. The molecule has 1 atom stereocenters. The van der Waals surface area contributed by atoms with Gasteiger partial charge in [-0.15, -0.1) is 0 Å². The molecule has 0 saturated heterocycles. The highest BCUT2D eigenvalue weighted by molar-refractivity contribution is 6.35. The summed E-state index contributed by atoms with van der Waals surface area (Å²) in [6, 6.07) is 14.8. The van der Waals surface area contributed by atoms with E-state index in [-0.39, 0.29) is 18.2 Å². The molecule has 0 aliphatic rings. The summed E-state index contributed by atoms with van der Waals surface area (Å²) in [6.45, 7) is 3.22. The largest absolute Gasteiger partial charge is 0.479 e. The van der Waals surface area contributed by atoms with Crippen LogP contribution in [0, 0.1) is 0 Å². The third-order valence-corrected chi connectivity index (χ3v) is 5.19. The second-order valence-corrected chi connectivity index (χ2v) is 8.19. The van der Waals surface area contributed by atoms with Gasteiger partial charge >= 0.3 is 5.97 Å². The van der Waals surface area contributed by atoms with Crippen LogP contribution in [0.2, 0.25) is 10.0 Å². The van der Waals surface area contributed by atoms with Gasteiger partial charge in [0.2, 0.25) is 0 Å². The molecule has 9 nitrogen and oxygen atoms in total. The summed E-state index contributed by atoms with van der Waals surface area (Å²) >= 11 is 11.9. The van der Waals surface area contributed by atoms with Gasteiger partial charge in [0, 0.05) is 10.6 Å². The highest BCUT2D eigenvalue weighted by atomic mass is 35.5. The Morgan fingerprint density at radius 3 is 2.67 bits per heavy atom. The molecule has 3 rings (SSSR count). The van der Waals surface area contributed by atoms with Crippen LogP contribution < -0.4 is 15.5 Å². The molecule has 2 amide bonds. The molecule has 0 radical (unpaired) electrons. The molecule has 2 N–H and O–H groups in total. The number of nitrogens with zero attached hydrogens (tertiary/aromatic N) is 1. The van der Waals surface area contributed by atoms with Crippen LogP contribution in [0.4, 0.5) is 0 Å². The standard InChI is InChI=1S/C25H23Cl2N3O6/c1-3-34-25(33)17-6-4-5-16(11-17)21-10-8-19(36-21)13-29-30-23(31)14-28-24(32)15(2)35-22-9-7-18(26)12-20(22)27/h4-13,15H,3,14H2,1-2H3,(H,28,32)(H,30,31)/b29-13-/t15-/m0/s1. The highest BCUT2D eigenvalue weighted by Crippen LogP contribution is 2.28. The van der Waals surface area contributed by atoms with E-state index in [4.69, 9.17) is 37.1 Å². The highest BCUT2D eigenvalue weighted by Gasteiger charge is 2.17. The number of furan rings is 1. The van der Waals surface area contributed by atoms with Crippen molar-refractivity contribution in [2.45, 2.75) is 20.0 Å². The molecule has 0 aliphatic heterocycles. The molecule has 1 heterocycles. The summed E-state index contributed by atoms with van der Waals surface area (Å²) in [4.78, 5) is 36.1. The first-order valence-electron chi connectivity index (χ1n) is 10.9. The molecule has 0 spiro atoms. The fourth-order valence-corrected chi connectivity index (χ4v) is 3.38. The van der Waals surface area contributed by atoms with Crippen LogP contribution in [0.25, 0.3) is 11.3 Å². The van der Waals surface area contributed by atoms with Crippen LogP contribution in [0.1, 0.15) is 30.0 Å². The van der Waals surface area contributed by atoms with Gasteiger partial charge in [0.05, 0.1) is 30.0 Å². The summed E-state index contributed by atoms with van der Waals surface area (Å²) in [5, 5.41) is 6.98. The predicted octanol–water partition coefficient (Wildman–Crippen LogP) is 4.46. The van der Waals surface area contributed by atoms with E-state index in [0.717, 1.165) is 0 Å². The number of amides is 2. The molecule has 3 aromatic rings. The van der Waals surface area contributed by atoms with Crippen LogP contribution in [0.15, 0.2) is 64.1 Å². The lowest BCUT2D eigenvalue weighted by molar-refractivity contribution is -0.130. The van der Waals surface area contributed by atoms with Crippen molar-refractivity contribution >= 4 is 47.2 Å². The van der Waals surface area contributed by atoms with E-state index in [9.17, 15) is 14.4 Å². The lowest BCUT2D eigenvalue weighted by Crippen LogP contribution is -2.41. The second kappa shape index (κ2) is 12.8. The van der Waals surface area contributed by atoms with Crippen molar-refractivity contribution in [1.29, 1.82) is 0 Å². The van der Waals surface area contributed by atoms with Gasteiger partial charge in [0.15, 0.2) is 6.10 Å². The van der Waals surface area contributed by atoms with Gasteiger partial charge < -0.3 is 19.2 Å². The van der Waals surface area contributed by atoms with Crippen molar-refractivity contribution in [3.05, 3.63) is 76.0 Å². The Hall–Kier alpha value is -3.82. The zero-order valence-electron chi connectivity index (χ0n) is 19.4. The zero-order valence-corrected chi connectivity index (χ0v) is 20.9. The van der Waals surface area contributed by atoms with Gasteiger partial charge in [-0.25, -0.2) is 10.2 Å². The molecule has 188 valence electrons. The van der Waals surface area contributed by atoms with E-state index in [1.165, 1.54) is 19.2 Å². The number of nitrogens with one attached hydrogen (secondary N) is 2. The van der Waals surface area contributed by atoms with E-state index >= 15 is 0 Å². The van der Waals surface area contributed by atoms with Crippen molar-refractivity contribution in [2.75, 3.05) is 13.2 Å². The van der Waals surface area contributed by atoms with Gasteiger partial charge in [-0.1, -0.05) is 35.3 Å². The van der Waals surface area contributed by atoms with Crippen molar-refractivity contribution < 1.29 is 28.3 Å². The SMILES string of the molecule is CCOC(=O)c1cccc(-c2ccc(/C=N\NC(=O)CNC(=O)[C@H](C)Oc3ccc(Cl)cc3Cl)o2)c1. The fraction of sp³-hybridized carbons (Fsp3) is 0.200. The van der Waals surface area contributed by atoms with E-state index in [0.29, 0.717) is 33.4 Å². The number of ether oxygens (including phenoxy) is 2. The van der Waals surface area contributed by atoms with E-state index in [1.54, 1.807) is 55.5 Å². The number of carbonyl (C=O) groups excluding carboxylic acids is 3. The maximum atomic E-state index is 12.2. The third-order valence-electron chi connectivity index (χ3n) is 4.66. The number of benzene rings is 2. The molecular formula is C25H23Cl2N3O6. The zero-order chi connectivity index (χ0) is 26.1. The van der Waals surface area contributed by atoms with Crippen molar-refractivity contribution in [1.82, 2.24) is 10.7 Å². The molecule has 11 heteroatoms. The van der Waals surface area contributed by atoms with E-state index < -0.39 is 23.9 Å².